The molecule has 0 N–H and O–H groups in total. The first-order valence-electron chi connectivity index (χ1n) is 6.54. The average molecular weight is 275 g/mol. The SMILES string of the molecule is Cc1cc(C)[n+](CCn2c([N+](=O)[O-])cnc2C)c(C)c1. The Morgan fingerprint density at radius 2 is 1.85 bits per heavy atom. The Bertz CT molecular complexity index is 638. The van der Waals surface area contributed by atoms with Gasteiger partial charge >= 0.3 is 5.82 Å². The Labute approximate surface area is 117 Å². The van der Waals surface area contributed by atoms with Gasteiger partial charge in [-0.15, -0.1) is 0 Å². The van der Waals surface area contributed by atoms with Gasteiger partial charge in [-0.25, -0.2) is 9.55 Å². The van der Waals surface area contributed by atoms with E-state index in [1.54, 1.807) is 11.5 Å². The zero-order valence-electron chi connectivity index (χ0n) is 12.3. The maximum absolute atomic E-state index is 11.0. The molecular weight excluding hydrogens is 256 g/mol. The number of hydrogen-bond donors (Lipinski definition) is 0. The molecule has 2 rings (SSSR count). The van der Waals surface area contributed by atoms with Crippen LogP contribution in [-0.2, 0) is 13.1 Å². The van der Waals surface area contributed by atoms with Crippen LogP contribution in [-0.4, -0.2) is 14.5 Å². The van der Waals surface area contributed by atoms with Gasteiger partial charge in [-0.3, -0.25) is 0 Å². The molecule has 0 amide bonds. The second kappa shape index (κ2) is 5.40. The predicted octanol–water partition coefficient (Wildman–Crippen LogP) is 2.01. The van der Waals surface area contributed by atoms with Crippen molar-refractivity contribution in [2.45, 2.75) is 40.8 Å². The van der Waals surface area contributed by atoms with Crippen LogP contribution in [0, 0.1) is 37.8 Å². The molecule has 106 valence electrons. The Hall–Kier alpha value is -2.24. The summed E-state index contributed by atoms with van der Waals surface area (Å²) in [6.45, 7) is 9.18. The first-order chi connectivity index (χ1) is 9.40. The molecule has 0 aliphatic carbocycles. The topological polar surface area (TPSA) is 64.8 Å². The van der Waals surface area contributed by atoms with Crippen molar-refractivity contribution in [3.05, 3.63) is 51.2 Å². The lowest BCUT2D eigenvalue weighted by atomic mass is 10.2. The van der Waals surface area contributed by atoms with Crippen molar-refractivity contribution in [3.8, 4) is 0 Å². The molecular formula is C14H19N4O2+. The summed E-state index contributed by atoms with van der Waals surface area (Å²) in [5.41, 5.74) is 3.53. The summed E-state index contributed by atoms with van der Waals surface area (Å²) in [6.07, 6.45) is 1.31. The Morgan fingerprint density at radius 1 is 1.25 bits per heavy atom. The van der Waals surface area contributed by atoms with Crippen LogP contribution in [0.15, 0.2) is 18.3 Å². The second-order valence-corrected chi connectivity index (χ2v) is 5.04. The van der Waals surface area contributed by atoms with Crippen molar-refractivity contribution in [3.63, 3.8) is 0 Å². The number of rotatable bonds is 4. The van der Waals surface area contributed by atoms with Crippen LogP contribution in [0.2, 0.25) is 0 Å². The van der Waals surface area contributed by atoms with Crippen LogP contribution in [0.25, 0.3) is 0 Å². The zero-order chi connectivity index (χ0) is 14.9. The number of hydrogen-bond acceptors (Lipinski definition) is 3. The molecule has 0 radical (unpaired) electrons. The van der Waals surface area contributed by atoms with E-state index in [0.29, 0.717) is 18.9 Å². The average Bonchev–Trinajstić information content (AvgIpc) is 2.69. The smallest absolute Gasteiger partial charge is 0.343 e. The Balaban J connectivity index is 2.26. The molecule has 20 heavy (non-hydrogen) atoms. The summed E-state index contributed by atoms with van der Waals surface area (Å²) in [4.78, 5) is 14.6. The highest BCUT2D eigenvalue weighted by Gasteiger charge is 2.20. The van der Waals surface area contributed by atoms with E-state index in [0.717, 1.165) is 11.4 Å². The van der Waals surface area contributed by atoms with Gasteiger partial charge in [-0.1, -0.05) is 0 Å². The third-order valence-electron chi connectivity index (χ3n) is 3.49. The van der Waals surface area contributed by atoms with E-state index < -0.39 is 0 Å². The molecule has 2 aromatic rings. The van der Waals surface area contributed by atoms with Crippen molar-refractivity contribution in [1.82, 2.24) is 9.55 Å². The lowest BCUT2D eigenvalue weighted by Gasteiger charge is -2.06. The van der Waals surface area contributed by atoms with Gasteiger partial charge in [0.05, 0.1) is 0 Å². The van der Waals surface area contributed by atoms with Gasteiger partial charge in [-0.05, 0) is 17.4 Å². The van der Waals surface area contributed by atoms with Crippen LogP contribution < -0.4 is 4.57 Å². The molecule has 2 heterocycles. The van der Waals surface area contributed by atoms with Crippen molar-refractivity contribution in [1.29, 1.82) is 0 Å². The first-order valence-corrected chi connectivity index (χ1v) is 6.54. The summed E-state index contributed by atoms with van der Waals surface area (Å²) in [5, 5.41) is 11.0. The van der Waals surface area contributed by atoms with Gasteiger partial charge in [0.2, 0.25) is 0 Å². The molecule has 0 aliphatic rings. The Kier molecular flexibility index (Phi) is 3.83. The van der Waals surface area contributed by atoms with E-state index in [-0.39, 0.29) is 10.7 Å². The van der Waals surface area contributed by atoms with E-state index >= 15 is 0 Å². The monoisotopic (exact) mass is 275 g/mol. The van der Waals surface area contributed by atoms with E-state index in [2.05, 4.69) is 42.5 Å². The molecule has 0 fully saturated rings. The third kappa shape index (κ3) is 2.68. The van der Waals surface area contributed by atoms with Gasteiger partial charge in [-0.2, -0.15) is 4.57 Å². The molecule has 6 heteroatoms. The number of nitro groups is 1. The molecule has 0 aliphatic heterocycles. The van der Waals surface area contributed by atoms with Gasteiger partial charge in [0, 0.05) is 32.9 Å². The fourth-order valence-corrected chi connectivity index (χ4v) is 2.57. The minimum atomic E-state index is -0.389. The standard InChI is InChI=1S/C14H19N4O2/c1-10-7-11(2)16(12(3)8-10)5-6-17-13(4)15-9-14(17)18(19)20/h7-9H,5-6H2,1-4H3/q+1. The molecule has 6 nitrogen and oxygen atoms in total. The van der Waals surface area contributed by atoms with Crippen molar-refractivity contribution >= 4 is 5.82 Å². The highest BCUT2D eigenvalue weighted by Crippen LogP contribution is 2.13. The van der Waals surface area contributed by atoms with Crippen LogP contribution in [0.1, 0.15) is 22.8 Å². The minimum Gasteiger partial charge on any atom is -0.358 e. The lowest BCUT2D eigenvalue weighted by Crippen LogP contribution is -2.42. The molecule has 0 saturated carbocycles. The van der Waals surface area contributed by atoms with E-state index in [1.807, 2.05) is 0 Å². The first kappa shape index (κ1) is 14.2. The van der Waals surface area contributed by atoms with Crippen molar-refractivity contribution < 1.29 is 9.49 Å². The quantitative estimate of drug-likeness (QED) is 0.487. The van der Waals surface area contributed by atoms with Gasteiger partial charge in [0.1, 0.15) is 6.20 Å². The summed E-state index contributed by atoms with van der Waals surface area (Å²) < 4.78 is 3.81. The minimum absolute atomic E-state index is 0.0468. The third-order valence-corrected chi connectivity index (χ3v) is 3.49. The molecule has 0 spiro atoms. The highest BCUT2D eigenvalue weighted by atomic mass is 16.6. The Morgan fingerprint density at radius 3 is 2.40 bits per heavy atom. The van der Waals surface area contributed by atoms with Crippen molar-refractivity contribution in [2.24, 2.45) is 0 Å². The van der Waals surface area contributed by atoms with Gasteiger partial charge < -0.3 is 10.1 Å². The van der Waals surface area contributed by atoms with Crippen LogP contribution in [0.4, 0.5) is 5.82 Å². The van der Waals surface area contributed by atoms with E-state index in [4.69, 9.17) is 0 Å². The molecule has 0 aromatic carbocycles. The van der Waals surface area contributed by atoms with Gasteiger partial charge in [0.25, 0.3) is 0 Å². The summed E-state index contributed by atoms with van der Waals surface area (Å²) in [7, 11) is 0. The maximum atomic E-state index is 11.0. The number of aryl methyl sites for hydroxylation is 4. The number of imidazole rings is 1. The van der Waals surface area contributed by atoms with Crippen LogP contribution in [0.5, 0.6) is 0 Å². The molecule has 2 aromatic heterocycles. The molecule has 0 saturated heterocycles. The summed E-state index contributed by atoms with van der Waals surface area (Å²) in [5.74, 6) is 0.713. The second-order valence-electron chi connectivity index (χ2n) is 5.04. The number of aromatic nitrogens is 3. The zero-order valence-corrected chi connectivity index (χ0v) is 12.3. The molecule has 0 atom stereocenters. The summed E-state index contributed by atoms with van der Waals surface area (Å²) in [6, 6.07) is 4.23. The highest BCUT2D eigenvalue weighted by molar-refractivity contribution is 5.18. The lowest BCUT2D eigenvalue weighted by molar-refractivity contribution is -0.709. The van der Waals surface area contributed by atoms with E-state index in [1.165, 1.54) is 11.8 Å². The molecule has 0 unspecified atom stereocenters. The number of pyridine rings is 1. The van der Waals surface area contributed by atoms with Gasteiger partial charge in [0.15, 0.2) is 30.3 Å². The van der Waals surface area contributed by atoms with Crippen LogP contribution >= 0.6 is 0 Å². The van der Waals surface area contributed by atoms with Crippen LogP contribution in [0.3, 0.4) is 0 Å². The molecule has 0 bridgehead atoms. The fourth-order valence-electron chi connectivity index (χ4n) is 2.57. The predicted molar refractivity (Wildman–Crippen MR) is 74.5 cm³/mol. The fraction of sp³-hybridized carbons (Fsp3) is 0.429. The van der Waals surface area contributed by atoms with E-state index in [9.17, 15) is 10.1 Å². The largest absolute Gasteiger partial charge is 0.358 e. The summed E-state index contributed by atoms with van der Waals surface area (Å²) >= 11 is 0. The number of nitrogens with zero attached hydrogens (tertiary/aromatic N) is 4. The normalized spacial score (nSPS) is 10.8. The maximum Gasteiger partial charge on any atom is 0.343 e. The van der Waals surface area contributed by atoms with Crippen molar-refractivity contribution in [2.75, 3.05) is 0 Å².